The van der Waals surface area contributed by atoms with Gasteiger partial charge in [-0.05, 0) is 62.3 Å². The van der Waals surface area contributed by atoms with Crippen LogP contribution < -0.4 is 5.32 Å². The van der Waals surface area contributed by atoms with Gasteiger partial charge in [0.25, 0.3) is 5.91 Å². The molecule has 0 atom stereocenters. The van der Waals surface area contributed by atoms with Gasteiger partial charge < -0.3 is 14.8 Å². The topological polar surface area (TPSA) is 37.3 Å². The van der Waals surface area contributed by atoms with Crippen molar-refractivity contribution < 1.29 is 4.79 Å². The lowest BCUT2D eigenvalue weighted by molar-refractivity contribution is 0.0944. The molecule has 0 saturated carbocycles. The van der Waals surface area contributed by atoms with Crippen molar-refractivity contribution in [1.29, 1.82) is 0 Å². The molecule has 0 aliphatic rings. The molecule has 0 spiro atoms. The summed E-state index contributed by atoms with van der Waals surface area (Å²) in [6.45, 7) is 2.29. The first kappa shape index (κ1) is 18.0. The summed E-state index contributed by atoms with van der Waals surface area (Å²) in [5.41, 5.74) is 2.93. The Bertz CT molecular complexity index is 851. The van der Waals surface area contributed by atoms with E-state index in [-0.39, 0.29) is 5.91 Å². The number of aromatic nitrogens is 1. The molecule has 1 aromatic carbocycles. The Hall–Kier alpha value is -1.82. The number of fused-ring (bicyclic) bond motifs is 1. The molecule has 3 rings (SSSR count). The maximum atomic E-state index is 12.7. The Morgan fingerprint density at radius 1 is 1.24 bits per heavy atom. The molecule has 3 aromatic rings. The standard InChI is InChI=1S/C19H22ClN3OS/c1-22(2)10-3-9-21-19(24)17-12-18-16(8-11-25-18)23(17)13-14-4-6-15(20)7-5-14/h4-8,11-12H,3,9-10,13H2,1-2H3,(H,21,24). The van der Waals surface area contributed by atoms with E-state index >= 15 is 0 Å². The fraction of sp³-hybridized carbons (Fsp3) is 0.316. The van der Waals surface area contributed by atoms with Gasteiger partial charge in [0.1, 0.15) is 5.69 Å². The third-order valence-electron chi connectivity index (χ3n) is 4.08. The molecule has 1 amide bonds. The predicted octanol–water partition coefficient (Wildman–Crippen LogP) is 4.09. The van der Waals surface area contributed by atoms with E-state index in [4.69, 9.17) is 11.6 Å². The molecule has 132 valence electrons. The van der Waals surface area contributed by atoms with Crippen LogP contribution in [0.3, 0.4) is 0 Å². The van der Waals surface area contributed by atoms with Crippen LogP contribution in [0.25, 0.3) is 10.2 Å². The number of carbonyl (C=O) groups excluding carboxylic acids is 1. The first-order chi connectivity index (χ1) is 12.0. The summed E-state index contributed by atoms with van der Waals surface area (Å²) in [5, 5.41) is 5.81. The zero-order valence-corrected chi connectivity index (χ0v) is 16.0. The Labute approximate surface area is 157 Å². The molecule has 0 aliphatic carbocycles. The van der Waals surface area contributed by atoms with Crippen molar-refractivity contribution >= 4 is 39.1 Å². The molecule has 2 aromatic heterocycles. The van der Waals surface area contributed by atoms with Crippen LogP contribution >= 0.6 is 22.9 Å². The number of nitrogens with zero attached hydrogens (tertiary/aromatic N) is 2. The van der Waals surface area contributed by atoms with Gasteiger partial charge in [-0.25, -0.2) is 0 Å². The molecule has 0 radical (unpaired) electrons. The lowest BCUT2D eigenvalue weighted by Gasteiger charge is -2.12. The lowest BCUT2D eigenvalue weighted by atomic mass is 10.2. The van der Waals surface area contributed by atoms with Gasteiger partial charge in [0.15, 0.2) is 0 Å². The van der Waals surface area contributed by atoms with Gasteiger partial charge in [-0.15, -0.1) is 11.3 Å². The number of rotatable bonds is 7. The molecular formula is C19H22ClN3OS. The molecule has 6 heteroatoms. The SMILES string of the molecule is CN(C)CCCNC(=O)c1cc2sccc2n1Cc1ccc(Cl)cc1. The van der Waals surface area contributed by atoms with Crippen LogP contribution in [-0.2, 0) is 6.54 Å². The molecule has 0 unspecified atom stereocenters. The second-order valence-corrected chi connectivity index (χ2v) is 7.71. The van der Waals surface area contributed by atoms with Crippen LogP contribution in [0.4, 0.5) is 0 Å². The number of thiophene rings is 1. The third kappa shape index (κ3) is 4.42. The van der Waals surface area contributed by atoms with Gasteiger partial charge in [-0.2, -0.15) is 0 Å². The molecule has 0 fully saturated rings. The zero-order valence-electron chi connectivity index (χ0n) is 14.5. The molecule has 0 saturated heterocycles. The number of amides is 1. The Balaban J connectivity index is 1.79. The highest BCUT2D eigenvalue weighted by Gasteiger charge is 2.16. The fourth-order valence-corrected chi connectivity index (χ4v) is 3.74. The number of carbonyl (C=O) groups is 1. The minimum Gasteiger partial charge on any atom is -0.351 e. The largest absolute Gasteiger partial charge is 0.351 e. The van der Waals surface area contributed by atoms with Crippen LogP contribution in [-0.4, -0.2) is 42.6 Å². The molecule has 4 nitrogen and oxygen atoms in total. The summed E-state index contributed by atoms with van der Waals surface area (Å²) in [4.78, 5) is 14.8. The summed E-state index contributed by atoms with van der Waals surface area (Å²) in [6, 6.07) is 11.8. The van der Waals surface area contributed by atoms with Crippen molar-refractivity contribution in [2.75, 3.05) is 27.2 Å². The highest BCUT2D eigenvalue weighted by molar-refractivity contribution is 7.17. The highest BCUT2D eigenvalue weighted by Crippen LogP contribution is 2.26. The second-order valence-electron chi connectivity index (χ2n) is 6.33. The normalized spacial score (nSPS) is 11.4. The quantitative estimate of drug-likeness (QED) is 0.631. The summed E-state index contributed by atoms with van der Waals surface area (Å²) in [6.07, 6.45) is 0.936. The summed E-state index contributed by atoms with van der Waals surface area (Å²) < 4.78 is 3.21. The Morgan fingerprint density at radius 3 is 2.72 bits per heavy atom. The predicted molar refractivity (Wildman–Crippen MR) is 106 cm³/mol. The number of halogens is 1. The van der Waals surface area contributed by atoms with E-state index in [1.54, 1.807) is 11.3 Å². The van der Waals surface area contributed by atoms with Crippen molar-refractivity contribution in [3.05, 3.63) is 58.1 Å². The third-order valence-corrected chi connectivity index (χ3v) is 5.18. The van der Waals surface area contributed by atoms with Crippen LogP contribution in [0, 0.1) is 0 Å². The van der Waals surface area contributed by atoms with Gasteiger partial charge in [-0.1, -0.05) is 23.7 Å². The van der Waals surface area contributed by atoms with Gasteiger partial charge in [0, 0.05) is 18.1 Å². The van der Waals surface area contributed by atoms with E-state index in [0.29, 0.717) is 18.8 Å². The van der Waals surface area contributed by atoms with Gasteiger partial charge in [0.2, 0.25) is 0 Å². The Morgan fingerprint density at radius 2 is 2.00 bits per heavy atom. The van der Waals surface area contributed by atoms with Crippen molar-refractivity contribution in [3.63, 3.8) is 0 Å². The number of hydrogen-bond donors (Lipinski definition) is 1. The van der Waals surface area contributed by atoms with Crippen LogP contribution in [0.1, 0.15) is 22.5 Å². The average molecular weight is 376 g/mol. The van der Waals surface area contributed by atoms with Gasteiger partial charge in [0.05, 0.1) is 10.2 Å². The smallest absolute Gasteiger partial charge is 0.267 e. The second kappa shape index (κ2) is 8.04. The van der Waals surface area contributed by atoms with Crippen molar-refractivity contribution in [2.45, 2.75) is 13.0 Å². The van der Waals surface area contributed by atoms with Crippen LogP contribution in [0.2, 0.25) is 5.02 Å². The first-order valence-electron chi connectivity index (χ1n) is 8.28. The van der Waals surface area contributed by atoms with E-state index in [0.717, 1.165) is 33.8 Å². The number of nitrogens with one attached hydrogen (secondary N) is 1. The summed E-state index contributed by atoms with van der Waals surface area (Å²) in [5.74, 6) is -0.0175. The van der Waals surface area contributed by atoms with Crippen molar-refractivity contribution in [3.8, 4) is 0 Å². The molecule has 2 heterocycles. The zero-order chi connectivity index (χ0) is 17.8. The summed E-state index contributed by atoms with van der Waals surface area (Å²) in [7, 11) is 4.07. The monoisotopic (exact) mass is 375 g/mol. The van der Waals surface area contributed by atoms with E-state index in [2.05, 4.69) is 26.2 Å². The van der Waals surface area contributed by atoms with E-state index < -0.39 is 0 Å². The number of hydrogen-bond acceptors (Lipinski definition) is 3. The highest BCUT2D eigenvalue weighted by atomic mass is 35.5. The van der Waals surface area contributed by atoms with Gasteiger partial charge in [-0.3, -0.25) is 4.79 Å². The average Bonchev–Trinajstić information content (AvgIpc) is 3.16. The van der Waals surface area contributed by atoms with Gasteiger partial charge >= 0.3 is 0 Å². The molecule has 1 N–H and O–H groups in total. The fourth-order valence-electron chi connectivity index (χ4n) is 2.80. The Kier molecular flexibility index (Phi) is 5.78. The lowest BCUT2D eigenvalue weighted by Crippen LogP contribution is -2.29. The van der Waals surface area contributed by atoms with E-state index in [1.807, 2.05) is 44.4 Å². The minimum atomic E-state index is -0.0175. The number of benzene rings is 1. The van der Waals surface area contributed by atoms with E-state index in [9.17, 15) is 4.79 Å². The molecule has 25 heavy (non-hydrogen) atoms. The van der Waals surface area contributed by atoms with Crippen LogP contribution in [0.15, 0.2) is 41.8 Å². The van der Waals surface area contributed by atoms with Crippen molar-refractivity contribution in [1.82, 2.24) is 14.8 Å². The molecule has 0 bridgehead atoms. The van der Waals surface area contributed by atoms with Crippen LogP contribution in [0.5, 0.6) is 0 Å². The maximum Gasteiger partial charge on any atom is 0.267 e. The molecule has 0 aliphatic heterocycles. The molecular weight excluding hydrogens is 354 g/mol. The first-order valence-corrected chi connectivity index (χ1v) is 9.54. The van der Waals surface area contributed by atoms with Crippen molar-refractivity contribution in [2.24, 2.45) is 0 Å². The summed E-state index contributed by atoms with van der Waals surface area (Å²) >= 11 is 7.63. The maximum absolute atomic E-state index is 12.7. The minimum absolute atomic E-state index is 0.0175. The van der Waals surface area contributed by atoms with E-state index in [1.165, 1.54) is 0 Å².